The molecule has 106 valence electrons. The number of aromatic nitrogens is 2. The van der Waals surface area contributed by atoms with E-state index in [0.29, 0.717) is 0 Å². The van der Waals surface area contributed by atoms with Crippen LogP contribution in [-0.2, 0) is 10.0 Å². The molecule has 0 aliphatic rings. The highest BCUT2D eigenvalue weighted by Gasteiger charge is 2.25. The van der Waals surface area contributed by atoms with Gasteiger partial charge in [-0.15, -0.1) is 0 Å². The minimum atomic E-state index is -4.56. The first-order valence-corrected chi connectivity index (χ1v) is 6.55. The van der Waals surface area contributed by atoms with Crippen LogP contribution in [0.3, 0.4) is 0 Å². The van der Waals surface area contributed by atoms with Crippen LogP contribution >= 0.6 is 0 Å². The zero-order chi connectivity index (χ0) is 14.9. The summed E-state index contributed by atoms with van der Waals surface area (Å²) in [6.07, 6.45) is 0. The molecule has 1 aromatic carbocycles. The average molecular weight is 303 g/mol. The molecule has 0 saturated carbocycles. The molecule has 20 heavy (non-hydrogen) atoms. The summed E-state index contributed by atoms with van der Waals surface area (Å²) in [4.78, 5) is 9.42. The van der Waals surface area contributed by atoms with Crippen molar-refractivity contribution in [1.82, 2.24) is 10.2 Å². The Morgan fingerprint density at radius 3 is 2.40 bits per heavy atom. The van der Waals surface area contributed by atoms with Crippen molar-refractivity contribution in [3.8, 4) is 0 Å². The molecule has 7 nitrogen and oxygen atoms in total. The molecule has 0 aliphatic carbocycles. The summed E-state index contributed by atoms with van der Waals surface area (Å²) in [5.74, 6) is -4.30. The average Bonchev–Trinajstić information content (AvgIpc) is 2.76. The second-order valence-electron chi connectivity index (χ2n) is 3.63. The smallest absolute Gasteiger partial charge is 0.353 e. The van der Waals surface area contributed by atoms with Crippen molar-refractivity contribution in [3.63, 3.8) is 0 Å². The van der Waals surface area contributed by atoms with Crippen molar-refractivity contribution in [2.75, 3.05) is 4.72 Å². The summed E-state index contributed by atoms with van der Waals surface area (Å²) in [6.45, 7) is 0. The van der Waals surface area contributed by atoms with E-state index in [-0.39, 0.29) is 5.69 Å². The number of aromatic carboxylic acids is 1. The zero-order valence-corrected chi connectivity index (χ0v) is 10.4. The summed E-state index contributed by atoms with van der Waals surface area (Å²) in [7, 11) is -4.56. The van der Waals surface area contributed by atoms with Crippen LogP contribution in [0.4, 0.5) is 14.6 Å². The first-order valence-electron chi connectivity index (χ1n) is 5.07. The standard InChI is InChI=1S/C10H7F2N3O4S/c11-5-2-1-3-6(12)9(5)20(18,19)15-8-4-7(10(16)17)13-14-8/h1-4H,(H,16,17)(H2,13,14,15). The maximum Gasteiger partial charge on any atom is 0.353 e. The number of halogens is 2. The highest BCUT2D eigenvalue weighted by molar-refractivity contribution is 7.92. The lowest BCUT2D eigenvalue weighted by Crippen LogP contribution is -2.16. The summed E-state index contributed by atoms with van der Waals surface area (Å²) in [5, 5.41) is 14.0. The van der Waals surface area contributed by atoms with Crippen molar-refractivity contribution >= 4 is 21.8 Å². The minimum Gasteiger partial charge on any atom is -0.477 e. The SMILES string of the molecule is O=C(O)c1cc(NS(=O)(=O)c2c(F)cccc2F)n[nH]1. The molecule has 10 heteroatoms. The Bertz CT molecular complexity index is 752. The van der Waals surface area contributed by atoms with E-state index in [2.05, 4.69) is 5.10 Å². The Morgan fingerprint density at radius 1 is 1.30 bits per heavy atom. The first-order chi connectivity index (χ1) is 9.31. The molecule has 0 aliphatic heterocycles. The number of benzene rings is 1. The number of aromatic amines is 1. The fourth-order valence-corrected chi connectivity index (χ4v) is 2.54. The minimum absolute atomic E-state index is 0.378. The maximum absolute atomic E-state index is 13.4. The number of hydrogen-bond donors (Lipinski definition) is 3. The van der Waals surface area contributed by atoms with Crippen LogP contribution in [0, 0.1) is 11.6 Å². The Balaban J connectivity index is 2.38. The van der Waals surface area contributed by atoms with E-state index in [0.717, 1.165) is 24.3 Å². The van der Waals surface area contributed by atoms with Gasteiger partial charge in [-0.2, -0.15) is 5.10 Å². The van der Waals surface area contributed by atoms with Gasteiger partial charge in [0.1, 0.15) is 17.3 Å². The summed E-state index contributed by atoms with van der Waals surface area (Å²) in [6, 6.07) is 3.45. The van der Waals surface area contributed by atoms with Crippen LogP contribution in [-0.4, -0.2) is 29.7 Å². The van der Waals surface area contributed by atoms with Gasteiger partial charge in [-0.25, -0.2) is 22.0 Å². The normalized spacial score (nSPS) is 11.3. The molecule has 0 amide bonds. The Hall–Kier alpha value is -2.49. The third-order valence-corrected chi connectivity index (χ3v) is 3.64. The van der Waals surface area contributed by atoms with Crippen molar-refractivity contribution in [2.24, 2.45) is 0 Å². The van der Waals surface area contributed by atoms with Crippen LogP contribution in [0.5, 0.6) is 0 Å². The lowest BCUT2D eigenvalue weighted by molar-refractivity contribution is 0.0690. The van der Waals surface area contributed by atoms with Crippen LogP contribution in [0.15, 0.2) is 29.2 Å². The highest BCUT2D eigenvalue weighted by atomic mass is 32.2. The van der Waals surface area contributed by atoms with Crippen molar-refractivity contribution < 1.29 is 27.1 Å². The molecule has 0 radical (unpaired) electrons. The molecule has 1 heterocycles. The molecule has 0 atom stereocenters. The van der Waals surface area contributed by atoms with Gasteiger partial charge in [-0.3, -0.25) is 9.82 Å². The third-order valence-electron chi connectivity index (χ3n) is 2.23. The molecular formula is C10H7F2N3O4S. The topological polar surface area (TPSA) is 112 Å². The number of carboxylic acids is 1. The number of rotatable bonds is 4. The number of hydrogen-bond acceptors (Lipinski definition) is 4. The number of sulfonamides is 1. The molecule has 2 rings (SSSR count). The molecule has 0 bridgehead atoms. The predicted molar refractivity (Wildman–Crippen MR) is 62.7 cm³/mol. The van der Waals surface area contributed by atoms with E-state index in [1.807, 2.05) is 5.10 Å². The molecule has 0 spiro atoms. The molecular weight excluding hydrogens is 296 g/mol. The van der Waals surface area contributed by atoms with Gasteiger partial charge in [0.25, 0.3) is 10.0 Å². The van der Waals surface area contributed by atoms with E-state index >= 15 is 0 Å². The van der Waals surface area contributed by atoms with Crippen molar-refractivity contribution in [3.05, 3.63) is 41.6 Å². The quantitative estimate of drug-likeness (QED) is 0.785. The number of nitrogens with one attached hydrogen (secondary N) is 2. The summed E-state index contributed by atoms with van der Waals surface area (Å²) < 4.78 is 52.2. The Morgan fingerprint density at radius 2 is 1.90 bits per heavy atom. The number of carbonyl (C=O) groups is 1. The highest BCUT2D eigenvalue weighted by Crippen LogP contribution is 2.21. The van der Waals surface area contributed by atoms with Crippen LogP contribution in [0.1, 0.15) is 10.5 Å². The van der Waals surface area contributed by atoms with Crippen molar-refractivity contribution in [1.29, 1.82) is 0 Å². The van der Waals surface area contributed by atoms with Crippen molar-refractivity contribution in [2.45, 2.75) is 4.90 Å². The molecule has 0 fully saturated rings. The van der Waals surface area contributed by atoms with Gasteiger partial charge in [0, 0.05) is 6.07 Å². The lowest BCUT2D eigenvalue weighted by atomic mass is 10.3. The summed E-state index contributed by atoms with van der Waals surface area (Å²) >= 11 is 0. The van der Waals surface area contributed by atoms with E-state index in [9.17, 15) is 22.0 Å². The molecule has 3 N–H and O–H groups in total. The second kappa shape index (κ2) is 4.89. The van der Waals surface area contributed by atoms with Crippen LogP contribution < -0.4 is 4.72 Å². The Labute approximate surface area is 111 Å². The van der Waals surface area contributed by atoms with Gasteiger partial charge in [-0.05, 0) is 12.1 Å². The van der Waals surface area contributed by atoms with Gasteiger partial charge in [0.15, 0.2) is 10.7 Å². The van der Waals surface area contributed by atoms with E-state index in [1.165, 1.54) is 0 Å². The van der Waals surface area contributed by atoms with Gasteiger partial charge in [-0.1, -0.05) is 6.07 Å². The van der Waals surface area contributed by atoms with Crippen LogP contribution in [0.2, 0.25) is 0 Å². The largest absolute Gasteiger partial charge is 0.477 e. The molecule has 0 unspecified atom stereocenters. The monoisotopic (exact) mass is 303 g/mol. The van der Waals surface area contributed by atoms with Gasteiger partial charge in [0.2, 0.25) is 0 Å². The van der Waals surface area contributed by atoms with E-state index in [4.69, 9.17) is 5.11 Å². The zero-order valence-electron chi connectivity index (χ0n) is 9.59. The number of H-pyrrole nitrogens is 1. The third kappa shape index (κ3) is 2.59. The molecule has 2 aromatic rings. The number of anilines is 1. The molecule has 1 aromatic heterocycles. The van der Waals surface area contributed by atoms with Gasteiger partial charge >= 0.3 is 5.97 Å². The number of nitrogens with zero attached hydrogens (tertiary/aromatic N) is 1. The van der Waals surface area contributed by atoms with E-state index in [1.54, 1.807) is 4.72 Å². The van der Waals surface area contributed by atoms with Gasteiger partial charge in [0.05, 0.1) is 0 Å². The Kier molecular flexibility index (Phi) is 3.40. The fourth-order valence-electron chi connectivity index (χ4n) is 1.41. The second-order valence-corrected chi connectivity index (χ2v) is 5.25. The summed E-state index contributed by atoms with van der Waals surface area (Å²) in [5.41, 5.74) is -0.378. The molecule has 0 saturated heterocycles. The fraction of sp³-hybridized carbons (Fsp3) is 0. The van der Waals surface area contributed by atoms with Crippen LogP contribution in [0.25, 0.3) is 0 Å². The number of carboxylic acid groups (broad SMARTS) is 1. The lowest BCUT2D eigenvalue weighted by Gasteiger charge is -2.06. The predicted octanol–water partition coefficient (Wildman–Crippen LogP) is 1.19. The first kappa shape index (κ1) is 13.9. The maximum atomic E-state index is 13.4. The van der Waals surface area contributed by atoms with Gasteiger partial charge < -0.3 is 5.11 Å². The van der Waals surface area contributed by atoms with E-state index < -0.39 is 38.3 Å².